The fraction of sp³-hybridized carbons (Fsp3) is 0.381. The Kier molecular flexibility index (Phi) is 7.95. The van der Waals surface area contributed by atoms with Crippen LogP contribution in [-0.2, 0) is 11.2 Å². The van der Waals surface area contributed by atoms with Crippen LogP contribution in [-0.4, -0.2) is 19.1 Å². The van der Waals surface area contributed by atoms with E-state index in [4.69, 9.17) is 10.5 Å². The van der Waals surface area contributed by atoms with Gasteiger partial charge in [-0.05, 0) is 43.0 Å². The Balaban J connectivity index is 0.00000243. The summed E-state index contributed by atoms with van der Waals surface area (Å²) in [5.41, 5.74) is 7.78. The minimum absolute atomic E-state index is 0. The maximum Gasteiger partial charge on any atom is 0.227 e. The van der Waals surface area contributed by atoms with E-state index >= 15 is 0 Å². The van der Waals surface area contributed by atoms with Crippen LogP contribution >= 0.6 is 12.4 Å². The predicted molar refractivity (Wildman–Crippen MR) is 108 cm³/mol. The number of hydrogen-bond acceptors (Lipinski definition) is 3. The maximum atomic E-state index is 12.6. The lowest BCUT2D eigenvalue weighted by Crippen LogP contribution is -2.29. The normalized spacial score (nSPS) is 18.8. The molecule has 2 aromatic rings. The number of carbonyl (C=O) groups is 1. The van der Waals surface area contributed by atoms with Crippen molar-refractivity contribution in [3.05, 3.63) is 60.2 Å². The number of benzene rings is 2. The van der Waals surface area contributed by atoms with Crippen molar-refractivity contribution in [2.24, 2.45) is 17.6 Å². The van der Waals surface area contributed by atoms with E-state index in [1.54, 1.807) is 0 Å². The second-order valence-corrected chi connectivity index (χ2v) is 6.60. The van der Waals surface area contributed by atoms with Gasteiger partial charge < -0.3 is 15.8 Å². The van der Waals surface area contributed by atoms with Crippen LogP contribution in [0.15, 0.2) is 54.6 Å². The van der Waals surface area contributed by atoms with Gasteiger partial charge in [0.05, 0.1) is 12.3 Å². The van der Waals surface area contributed by atoms with Crippen LogP contribution in [0.3, 0.4) is 0 Å². The Morgan fingerprint density at radius 3 is 2.58 bits per heavy atom. The van der Waals surface area contributed by atoms with Gasteiger partial charge in [0.15, 0.2) is 0 Å². The van der Waals surface area contributed by atoms with Crippen LogP contribution in [0.1, 0.15) is 24.8 Å². The van der Waals surface area contributed by atoms with Gasteiger partial charge in [-0.1, -0.05) is 48.9 Å². The van der Waals surface area contributed by atoms with E-state index in [0.717, 1.165) is 31.4 Å². The lowest BCUT2D eigenvalue weighted by molar-refractivity contribution is -0.120. The molecule has 0 heterocycles. The molecule has 0 unspecified atom stereocenters. The molecule has 3 N–H and O–H groups in total. The number of para-hydroxylation sites is 2. The number of anilines is 1. The Morgan fingerprint density at radius 2 is 1.81 bits per heavy atom. The van der Waals surface area contributed by atoms with E-state index in [1.165, 1.54) is 5.56 Å². The van der Waals surface area contributed by atoms with Crippen LogP contribution in [0, 0.1) is 11.8 Å². The molecule has 1 aliphatic carbocycles. The summed E-state index contributed by atoms with van der Waals surface area (Å²) in [5, 5.41) is 3.05. The molecule has 1 aliphatic rings. The molecule has 0 aromatic heterocycles. The van der Waals surface area contributed by atoms with E-state index < -0.39 is 0 Å². The fourth-order valence-corrected chi connectivity index (χ4v) is 3.51. The molecule has 26 heavy (non-hydrogen) atoms. The third-order valence-electron chi connectivity index (χ3n) is 4.93. The van der Waals surface area contributed by atoms with E-state index in [1.807, 2.05) is 42.5 Å². The van der Waals surface area contributed by atoms with Gasteiger partial charge in [-0.2, -0.15) is 0 Å². The molecule has 2 atom stereocenters. The van der Waals surface area contributed by atoms with Gasteiger partial charge in [0.25, 0.3) is 0 Å². The highest BCUT2D eigenvalue weighted by molar-refractivity contribution is 5.94. The summed E-state index contributed by atoms with van der Waals surface area (Å²) in [4.78, 5) is 12.6. The molecule has 4 nitrogen and oxygen atoms in total. The molecule has 2 aromatic carbocycles. The van der Waals surface area contributed by atoms with E-state index in [0.29, 0.717) is 24.8 Å². The van der Waals surface area contributed by atoms with Gasteiger partial charge in [0, 0.05) is 12.3 Å². The zero-order valence-electron chi connectivity index (χ0n) is 14.9. The first-order valence-corrected chi connectivity index (χ1v) is 9.04. The Labute approximate surface area is 161 Å². The molecule has 0 spiro atoms. The van der Waals surface area contributed by atoms with Crippen molar-refractivity contribution in [2.75, 3.05) is 18.5 Å². The minimum Gasteiger partial charge on any atom is -0.491 e. The van der Waals surface area contributed by atoms with Crippen LogP contribution in [0.4, 0.5) is 5.69 Å². The van der Waals surface area contributed by atoms with Crippen LogP contribution in [0.5, 0.6) is 5.75 Å². The molecule has 5 heteroatoms. The lowest BCUT2D eigenvalue weighted by Gasteiger charge is -2.19. The maximum absolute atomic E-state index is 12.6. The van der Waals surface area contributed by atoms with Gasteiger partial charge in [-0.25, -0.2) is 0 Å². The lowest BCUT2D eigenvalue weighted by atomic mass is 9.95. The molecule has 0 saturated heterocycles. The summed E-state index contributed by atoms with van der Waals surface area (Å²) in [6.07, 6.45) is 3.88. The van der Waals surface area contributed by atoms with E-state index in [2.05, 4.69) is 17.4 Å². The number of halogens is 1. The molecule has 0 radical (unpaired) electrons. The second kappa shape index (κ2) is 10.2. The predicted octanol–water partition coefficient (Wildman–Crippen LogP) is 4.04. The number of nitrogens with two attached hydrogens (primary N) is 1. The summed E-state index contributed by atoms with van der Waals surface area (Å²) in [5.74, 6) is 1.09. The molecule has 0 bridgehead atoms. The monoisotopic (exact) mass is 374 g/mol. The summed E-state index contributed by atoms with van der Waals surface area (Å²) < 4.78 is 5.92. The first-order chi connectivity index (χ1) is 12.3. The molecule has 1 saturated carbocycles. The van der Waals surface area contributed by atoms with Gasteiger partial charge in [0.1, 0.15) is 5.75 Å². The second-order valence-electron chi connectivity index (χ2n) is 6.60. The van der Waals surface area contributed by atoms with Crippen molar-refractivity contribution in [3.8, 4) is 5.75 Å². The number of nitrogens with one attached hydrogen (secondary N) is 1. The highest BCUT2D eigenvalue weighted by Gasteiger charge is 2.32. The fourth-order valence-electron chi connectivity index (χ4n) is 3.51. The van der Waals surface area contributed by atoms with Gasteiger partial charge in [-0.15, -0.1) is 12.4 Å². The highest BCUT2D eigenvalue weighted by atomic mass is 35.5. The summed E-state index contributed by atoms with van der Waals surface area (Å²) in [6, 6.07) is 17.9. The Hall–Kier alpha value is -2.04. The van der Waals surface area contributed by atoms with Crippen molar-refractivity contribution < 1.29 is 9.53 Å². The zero-order chi connectivity index (χ0) is 17.5. The van der Waals surface area contributed by atoms with Crippen molar-refractivity contribution >= 4 is 24.0 Å². The molecule has 3 rings (SSSR count). The first-order valence-electron chi connectivity index (χ1n) is 9.04. The third-order valence-corrected chi connectivity index (χ3v) is 4.93. The van der Waals surface area contributed by atoms with E-state index in [9.17, 15) is 4.79 Å². The molecule has 0 aliphatic heterocycles. The summed E-state index contributed by atoms with van der Waals surface area (Å²) >= 11 is 0. The van der Waals surface area contributed by atoms with Gasteiger partial charge in [0.2, 0.25) is 5.91 Å². The number of amides is 1. The van der Waals surface area contributed by atoms with Crippen molar-refractivity contribution in [1.82, 2.24) is 0 Å². The van der Waals surface area contributed by atoms with E-state index in [-0.39, 0.29) is 24.2 Å². The quantitative estimate of drug-likeness (QED) is 0.768. The average molecular weight is 375 g/mol. The molecule has 140 valence electrons. The topological polar surface area (TPSA) is 64.4 Å². The van der Waals surface area contributed by atoms with Crippen LogP contribution in [0.25, 0.3) is 0 Å². The smallest absolute Gasteiger partial charge is 0.227 e. The van der Waals surface area contributed by atoms with Crippen molar-refractivity contribution in [2.45, 2.75) is 25.7 Å². The largest absolute Gasteiger partial charge is 0.491 e. The third kappa shape index (κ3) is 5.23. The molecule has 1 amide bonds. The zero-order valence-corrected chi connectivity index (χ0v) is 15.7. The Bertz CT molecular complexity index is 693. The summed E-state index contributed by atoms with van der Waals surface area (Å²) in [6.45, 7) is 1.15. The van der Waals surface area contributed by atoms with Crippen LogP contribution in [0.2, 0.25) is 0 Å². The summed E-state index contributed by atoms with van der Waals surface area (Å²) in [7, 11) is 0. The first kappa shape index (κ1) is 20.3. The van der Waals surface area contributed by atoms with Crippen molar-refractivity contribution in [3.63, 3.8) is 0 Å². The number of carbonyl (C=O) groups excluding carboxylic acids is 1. The van der Waals surface area contributed by atoms with Gasteiger partial charge >= 0.3 is 0 Å². The highest BCUT2D eigenvalue weighted by Crippen LogP contribution is 2.33. The standard InChI is InChI=1S/C21H26N2O2.ClH/c22-15-17-9-6-10-18(17)21(24)23-19-11-4-5-12-20(19)25-14-13-16-7-2-1-3-8-16;/h1-5,7-8,11-12,17-18H,6,9-10,13-15,22H2,(H,23,24);1H/t17-,18-;/m1./s1. The van der Waals surface area contributed by atoms with Gasteiger partial charge in [-0.3, -0.25) is 4.79 Å². The molecular weight excluding hydrogens is 348 g/mol. The number of ether oxygens (including phenoxy) is 1. The Morgan fingerprint density at radius 1 is 1.08 bits per heavy atom. The SMILES string of the molecule is Cl.NC[C@H]1CCC[C@H]1C(=O)Nc1ccccc1OCCc1ccccc1. The number of hydrogen-bond donors (Lipinski definition) is 2. The molecule has 1 fully saturated rings. The molecular formula is C21H27ClN2O2. The average Bonchev–Trinajstić information content (AvgIpc) is 3.13. The van der Waals surface area contributed by atoms with Crippen molar-refractivity contribution in [1.29, 1.82) is 0 Å². The number of rotatable bonds is 7. The minimum atomic E-state index is 0. The van der Waals surface area contributed by atoms with Crippen LogP contribution < -0.4 is 15.8 Å².